The molecule has 0 radical (unpaired) electrons. The Bertz CT molecular complexity index is 1430. The summed E-state index contributed by atoms with van der Waals surface area (Å²) in [5.74, 6) is -1.24. The van der Waals surface area contributed by atoms with Crippen LogP contribution in [-0.2, 0) is 23.1 Å². The number of hydrogen-bond donors (Lipinski definition) is 1. The zero-order chi connectivity index (χ0) is 25.1. The lowest BCUT2D eigenvalue weighted by atomic mass is 10.2. The van der Waals surface area contributed by atoms with Crippen LogP contribution in [0.15, 0.2) is 65.5 Å². The van der Waals surface area contributed by atoms with E-state index in [1.807, 2.05) is 48.5 Å². The lowest BCUT2D eigenvalue weighted by Gasteiger charge is -2.07. The minimum atomic E-state index is -0.638. The standard InChI is InChI=1S/C26H27N5O4/c1-17-23(18(2)30(28-17)15-20-11-7-5-8-12-20)26(34)35-16-22(32)27-24-19(3)29(4)31(25(24)33)21-13-9-6-10-14-21/h5-14H,15-16H2,1-4H3,(H,27,32). The van der Waals surface area contributed by atoms with Gasteiger partial charge in [0, 0.05) is 7.05 Å². The van der Waals surface area contributed by atoms with Crippen LogP contribution in [0.25, 0.3) is 5.69 Å². The third-order valence-electron chi connectivity index (χ3n) is 5.91. The number of ether oxygens (including phenoxy) is 1. The van der Waals surface area contributed by atoms with Crippen LogP contribution < -0.4 is 10.9 Å². The van der Waals surface area contributed by atoms with Crippen LogP contribution in [0.4, 0.5) is 5.69 Å². The number of benzene rings is 2. The maximum atomic E-state index is 13.0. The van der Waals surface area contributed by atoms with Crippen molar-refractivity contribution in [3.8, 4) is 5.69 Å². The number of nitrogens with zero attached hydrogens (tertiary/aromatic N) is 4. The Kier molecular flexibility index (Phi) is 6.68. The summed E-state index contributed by atoms with van der Waals surface area (Å²) in [6, 6.07) is 18.9. The highest BCUT2D eigenvalue weighted by atomic mass is 16.5. The van der Waals surface area contributed by atoms with Gasteiger partial charge in [0.15, 0.2) is 6.61 Å². The maximum absolute atomic E-state index is 13.0. The molecule has 0 spiro atoms. The third-order valence-corrected chi connectivity index (χ3v) is 5.91. The normalized spacial score (nSPS) is 10.9. The van der Waals surface area contributed by atoms with Gasteiger partial charge in [-0.05, 0) is 38.5 Å². The maximum Gasteiger partial charge on any atom is 0.342 e. The highest BCUT2D eigenvalue weighted by Gasteiger charge is 2.22. The first-order valence-electron chi connectivity index (χ1n) is 11.2. The average molecular weight is 474 g/mol. The lowest BCUT2D eigenvalue weighted by Crippen LogP contribution is -2.26. The quantitative estimate of drug-likeness (QED) is 0.416. The average Bonchev–Trinajstić information content (AvgIpc) is 3.24. The Morgan fingerprint density at radius 2 is 1.57 bits per heavy atom. The van der Waals surface area contributed by atoms with Crippen molar-refractivity contribution in [2.45, 2.75) is 27.3 Å². The number of esters is 1. The van der Waals surface area contributed by atoms with Crippen molar-refractivity contribution in [3.63, 3.8) is 0 Å². The Morgan fingerprint density at radius 3 is 2.23 bits per heavy atom. The van der Waals surface area contributed by atoms with Gasteiger partial charge in [-0.1, -0.05) is 48.5 Å². The molecular formula is C26H27N5O4. The highest BCUT2D eigenvalue weighted by Crippen LogP contribution is 2.17. The van der Waals surface area contributed by atoms with E-state index < -0.39 is 18.5 Å². The summed E-state index contributed by atoms with van der Waals surface area (Å²) in [6.07, 6.45) is 0. The molecule has 4 aromatic rings. The topological polar surface area (TPSA) is 100 Å². The summed E-state index contributed by atoms with van der Waals surface area (Å²) in [7, 11) is 1.73. The Hall–Kier alpha value is -4.40. The zero-order valence-corrected chi connectivity index (χ0v) is 20.1. The molecule has 2 aromatic heterocycles. The number of para-hydroxylation sites is 1. The molecule has 0 aliphatic rings. The third kappa shape index (κ3) is 4.79. The van der Waals surface area contributed by atoms with E-state index in [0.29, 0.717) is 34.9 Å². The number of rotatable bonds is 7. The van der Waals surface area contributed by atoms with E-state index in [1.54, 1.807) is 49.3 Å². The van der Waals surface area contributed by atoms with Gasteiger partial charge in [0.05, 0.1) is 29.3 Å². The summed E-state index contributed by atoms with van der Waals surface area (Å²) in [6.45, 7) is 5.24. The fraction of sp³-hybridized carbons (Fsp3) is 0.231. The number of aromatic nitrogens is 4. The van der Waals surface area contributed by atoms with Crippen LogP contribution in [0.3, 0.4) is 0 Å². The minimum absolute atomic E-state index is 0.139. The number of aryl methyl sites for hydroxylation is 1. The Morgan fingerprint density at radius 1 is 0.943 bits per heavy atom. The molecule has 0 saturated carbocycles. The molecule has 180 valence electrons. The van der Waals surface area contributed by atoms with Gasteiger partial charge in [0.1, 0.15) is 11.3 Å². The SMILES string of the molecule is Cc1nn(Cc2ccccc2)c(C)c1C(=O)OCC(=O)Nc1c(C)n(C)n(-c2ccccc2)c1=O. The number of carbonyl (C=O) groups is 2. The molecule has 0 aliphatic carbocycles. The molecular weight excluding hydrogens is 446 g/mol. The molecule has 0 aliphatic heterocycles. The summed E-state index contributed by atoms with van der Waals surface area (Å²) in [5, 5.41) is 7.05. The van der Waals surface area contributed by atoms with Crippen molar-refractivity contribution in [1.82, 2.24) is 19.1 Å². The smallest absolute Gasteiger partial charge is 0.342 e. The van der Waals surface area contributed by atoms with Gasteiger partial charge in [-0.2, -0.15) is 5.10 Å². The molecule has 0 unspecified atom stereocenters. The molecule has 1 N–H and O–H groups in total. The number of amides is 1. The fourth-order valence-electron chi connectivity index (χ4n) is 3.99. The van der Waals surface area contributed by atoms with Crippen molar-refractivity contribution in [2.75, 3.05) is 11.9 Å². The van der Waals surface area contributed by atoms with Gasteiger partial charge in [0.25, 0.3) is 11.5 Å². The van der Waals surface area contributed by atoms with Crippen molar-refractivity contribution < 1.29 is 14.3 Å². The largest absolute Gasteiger partial charge is 0.452 e. The van der Waals surface area contributed by atoms with E-state index in [0.717, 1.165) is 5.56 Å². The molecule has 0 saturated heterocycles. The number of hydrogen-bond acceptors (Lipinski definition) is 5. The van der Waals surface area contributed by atoms with Gasteiger partial charge in [0.2, 0.25) is 0 Å². The van der Waals surface area contributed by atoms with E-state index in [9.17, 15) is 14.4 Å². The summed E-state index contributed by atoms with van der Waals surface area (Å²) < 4.78 is 10.1. The summed E-state index contributed by atoms with van der Waals surface area (Å²) >= 11 is 0. The van der Waals surface area contributed by atoms with Crippen molar-refractivity contribution >= 4 is 17.6 Å². The van der Waals surface area contributed by atoms with Crippen LogP contribution in [0, 0.1) is 20.8 Å². The molecule has 9 heteroatoms. The molecule has 35 heavy (non-hydrogen) atoms. The zero-order valence-electron chi connectivity index (χ0n) is 20.1. The monoisotopic (exact) mass is 473 g/mol. The van der Waals surface area contributed by atoms with Crippen LogP contribution in [0.2, 0.25) is 0 Å². The van der Waals surface area contributed by atoms with Gasteiger partial charge in [-0.3, -0.25) is 19.0 Å². The van der Waals surface area contributed by atoms with E-state index in [2.05, 4.69) is 10.4 Å². The second-order valence-electron chi connectivity index (χ2n) is 8.25. The van der Waals surface area contributed by atoms with Gasteiger partial charge < -0.3 is 10.1 Å². The first-order valence-corrected chi connectivity index (χ1v) is 11.2. The fourth-order valence-corrected chi connectivity index (χ4v) is 3.99. The van der Waals surface area contributed by atoms with Crippen LogP contribution >= 0.6 is 0 Å². The van der Waals surface area contributed by atoms with E-state index in [1.165, 1.54) is 4.68 Å². The van der Waals surface area contributed by atoms with Gasteiger partial charge >= 0.3 is 5.97 Å². The van der Waals surface area contributed by atoms with E-state index in [4.69, 9.17) is 4.74 Å². The van der Waals surface area contributed by atoms with Crippen LogP contribution in [-0.4, -0.2) is 37.6 Å². The number of nitrogens with one attached hydrogen (secondary N) is 1. The molecule has 0 fully saturated rings. The molecule has 4 rings (SSSR count). The molecule has 0 bridgehead atoms. The Balaban J connectivity index is 1.45. The van der Waals surface area contributed by atoms with Crippen LogP contribution in [0.5, 0.6) is 0 Å². The lowest BCUT2D eigenvalue weighted by molar-refractivity contribution is -0.119. The first-order chi connectivity index (χ1) is 16.8. The second-order valence-corrected chi connectivity index (χ2v) is 8.25. The van der Waals surface area contributed by atoms with Crippen molar-refractivity contribution in [3.05, 3.63) is 99.2 Å². The first kappa shape index (κ1) is 23.7. The van der Waals surface area contributed by atoms with Gasteiger partial charge in [-0.15, -0.1) is 0 Å². The molecule has 1 amide bonds. The summed E-state index contributed by atoms with van der Waals surface area (Å²) in [5.41, 5.74) is 3.58. The molecule has 0 atom stereocenters. The second kappa shape index (κ2) is 9.84. The van der Waals surface area contributed by atoms with E-state index >= 15 is 0 Å². The van der Waals surface area contributed by atoms with Crippen molar-refractivity contribution in [2.24, 2.45) is 7.05 Å². The molecule has 2 aromatic carbocycles. The van der Waals surface area contributed by atoms with E-state index in [-0.39, 0.29) is 11.2 Å². The summed E-state index contributed by atoms with van der Waals surface area (Å²) in [4.78, 5) is 38.3. The van der Waals surface area contributed by atoms with Crippen molar-refractivity contribution in [1.29, 1.82) is 0 Å². The minimum Gasteiger partial charge on any atom is -0.452 e. The molecule has 2 heterocycles. The number of carbonyl (C=O) groups excluding carboxylic acids is 2. The van der Waals surface area contributed by atoms with Gasteiger partial charge in [-0.25, -0.2) is 9.48 Å². The Labute approximate surface area is 202 Å². The van der Waals surface area contributed by atoms with Crippen LogP contribution in [0.1, 0.15) is 33.0 Å². The predicted octanol–water partition coefficient (Wildman–Crippen LogP) is 3.14. The molecule has 9 nitrogen and oxygen atoms in total. The highest BCUT2D eigenvalue weighted by molar-refractivity contribution is 5.96. The number of anilines is 1. The predicted molar refractivity (Wildman–Crippen MR) is 132 cm³/mol.